The summed E-state index contributed by atoms with van der Waals surface area (Å²) in [6.07, 6.45) is 2.63. The molecule has 0 aliphatic carbocycles. The van der Waals surface area contributed by atoms with Crippen LogP contribution in [0.4, 0.5) is 0 Å². The first-order chi connectivity index (χ1) is 10.6. The van der Waals surface area contributed by atoms with Crippen LogP contribution in [0.25, 0.3) is 0 Å². The summed E-state index contributed by atoms with van der Waals surface area (Å²) in [5, 5.41) is 2.64. The number of hydrogen-bond donors (Lipinski definition) is 1. The fourth-order valence-corrected chi connectivity index (χ4v) is 2.71. The van der Waals surface area contributed by atoms with Crippen molar-refractivity contribution in [2.24, 2.45) is 5.92 Å². The Morgan fingerprint density at radius 1 is 1.36 bits per heavy atom. The van der Waals surface area contributed by atoms with Crippen molar-refractivity contribution in [3.8, 4) is 0 Å². The molecule has 1 amide bonds. The molecule has 22 heavy (non-hydrogen) atoms. The lowest BCUT2D eigenvalue weighted by atomic mass is 10.1. The molecule has 0 bridgehead atoms. The highest BCUT2D eigenvalue weighted by Crippen LogP contribution is 2.17. The minimum Gasteiger partial charge on any atom is -0.377 e. The van der Waals surface area contributed by atoms with Crippen molar-refractivity contribution < 1.29 is 9.53 Å². The van der Waals surface area contributed by atoms with Gasteiger partial charge in [0.1, 0.15) is 0 Å². The van der Waals surface area contributed by atoms with Crippen LogP contribution in [0, 0.1) is 5.92 Å². The van der Waals surface area contributed by atoms with Crippen LogP contribution in [0.5, 0.6) is 0 Å². The molecule has 1 N–H and O–H groups in total. The van der Waals surface area contributed by atoms with Gasteiger partial charge in [0.05, 0.1) is 6.10 Å². The molecule has 1 fully saturated rings. The van der Waals surface area contributed by atoms with Crippen molar-refractivity contribution in [1.29, 1.82) is 0 Å². The standard InChI is InChI=1S/C18H28N2O2/c1-14(2)9-11-22-17-8-10-20(13-17)12-15-4-6-16(7-5-15)18(21)19-3/h4-7,14,17H,8-13H2,1-3H3,(H,19,21)/t17-/m0/s1. The first kappa shape index (κ1) is 17.0. The summed E-state index contributed by atoms with van der Waals surface area (Å²) >= 11 is 0. The van der Waals surface area contributed by atoms with Gasteiger partial charge in [-0.1, -0.05) is 26.0 Å². The lowest BCUT2D eigenvalue weighted by Gasteiger charge is -2.17. The van der Waals surface area contributed by atoms with E-state index in [-0.39, 0.29) is 5.91 Å². The van der Waals surface area contributed by atoms with E-state index >= 15 is 0 Å². The molecular formula is C18H28N2O2. The lowest BCUT2D eigenvalue weighted by Crippen LogP contribution is -2.23. The SMILES string of the molecule is CNC(=O)c1ccc(CN2CC[C@H](OCCC(C)C)C2)cc1. The molecule has 1 aromatic rings. The Kier molecular flexibility index (Phi) is 6.40. The maximum Gasteiger partial charge on any atom is 0.251 e. The highest BCUT2D eigenvalue weighted by atomic mass is 16.5. The fourth-order valence-electron chi connectivity index (χ4n) is 2.71. The zero-order valence-electron chi connectivity index (χ0n) is 14.0. The van der Waals surface area contributed by atoms with Crippen LogP contribution in [0.15, 0.2) is 24.3 Å². The second-order valence-electron chi connectivity index (χ2n) is 6.48. The molecule has 1 saturated heterocycles. The van der Waals surface area contributed by atoms with Crippen LogP contribution in [0.2, 0.25) is 0 Å². The molecule has 1 heterocycles. The van der Waals surface area contributed by atoms with E-state index in [4.69, 9.17) is 4.74 Å². The molecule has 4 heteroatoms. The van der Waals surface area contributed by atoms with E-state index in [1.807, 2.05) is 24.3 Å². The van der Waals surface area contributed by atoms with E-state index < -0.39 is 0 Å². The summed E-state index contributed by atoms with van der Waals surface area (Å²) < 4.78 is 5.95. The van der Waals surface area contributed by atoms with Crippen LogP contribution in [-0.4, -0.2) is 43.7 Å². The summed E-state index contributed by atoms with van der Waals surface area (Å²) in [6, 6.07) is 7.86. The van der Waals surface area contributed by atoms with Crippen molar-refractivity contribution in [3.05, 3.63) is 35.4 Å². The maximum absolute atomic E-state index is 11.5. The molecular weight excluding hydrogens is 276 g/mol. The number of hydrogen-bond acceptors (Lipinski definition) is 3. The molecule has 1 aliphatic rings. The third-order valence-corrected chi connectivity index (χ3v) is 4.13. The Morgan fingerprint density at radius 3 is 2.73 bits per heavy atom. The zero-order chi connectivity index (χ0) is 15.9. The minimum atomic E-state index is -0.0358. The maximum atomic E-state index is 11.5. The van der Waals surface area contributed by atoms with Crippen LogP contribution in [0.1, 0.15) is 42.6 Å². The predicted octanol–water partition coefficient (Wildman–Crippen LogP) is 2.68. The highest BCUT2D eigenvalue weighted by Gasteiger charge is 2.22. The van der Waals surface area contributed by atoms with Crippen LogP contribution >= 0.6 is 0 Å². The van der Waals surface area contributed by atoms with Crippen molar-refractivity contribution in [2.75, 3.05) is 26.7 Å². The number of likely N-dealkylation sites (tertiary alicyclic amines) is 1. The number of rotatable bonds is 7. The Hall–Kier alpha value is -1.39. The van der Waals surface area contributed by atoms with E-state index in [1.54, 1.807) is 7.05 Å². The first-order valence-corrected chi connectivity index (χ1v) is 8.23. The summed E-state index contributed by atoms with van der Waals surface area (Å²) in [4.78, 5) is 13.9. The molecule has 0 aromatic heterocycles. The molecule has 1 aliphatic heterocycles. The fraction of sp³-hybridized carbons (Fsp3) is 0.611. The topological polar surface area (TPSA) is 41.6 Å². The van der Waals surface area contributed by atoms with Gasteiger partial charge in [0.2, 0.25) is 0 Å². The highest BCUT2D eigenvalue weighted by molar-refractivity contribution is 5.93. The smallest absolute Gasteiger partial charge is 0.251 e. The normalized spacial score (nSPS) is 18.8. The average molecular weight is 304 g/mol. The van der Waals surface area contributed by atoms with Gasteiger partial charge in [-0.05, 0) is 36.5 Å². The van der Waals surface area contributed by atoms with Gasteiger partial charge >= 0.3 is 0 Å². The molecule has 0 unspecified atom stereocenters. The number of benzene rings is 1. The van der Waals surface area contributed by atoms with Gasteiger partial charge in [0.15, 0.2) is 0 Å². The van der Waals surface area contributed by atoms with Gasteiger partial charge in [0, 0.05) is 38.9 Å². The Balaban J connectivity index is 1.76. The van der Waals surface area contributed by atoms with Gasteiger partial charge < -0.3 is 10.1 Å². The number of amides is 1. The monoisotopic (exact) mass is 304 g/mol. The molecule has 122 valence electrons. The Morgan fingerprint density at radius 2 is 2.09 bits per heavy atom. The number of nitrogens with one attached hydrogen (secondary N) is 1. The van der Waals surface area contributed by atoms with Gasteiger partial charge in [-0.3, -0.25) is 9.69 Å². The third-order valence-electron chi connectivity index (χ3n) is 4.13. The van der Waals surface area contributed by atoms with Gasteiger partial charge in [-0.25, -0.2) is 0 Å². The van der Waals surface area contributed by atoms with Crippen molar-refractivity contribution in [2.45, 2.75) is 39.3 Å². The molecule has 1 atom stereocenters. The minimum absolute atomic E-state index is 0.0358. The van der Waals surface area contributed by atoms with Crippen molar-refractivity contribution >= 4 is 5.91 Å². The molecule has 2 rings (SSSR count). The summed E-state index contributed by atoms with van der Waals surface area (Å²) in [5.74, 6) is 0.669. The molecule has 1 aromatic carbocycles. The van der Waals surface area contributed by atoms with Crippen LogP contribution in [0.3, 0.4) is 0 Å². The van der Waals surface area contributed by atoms with E-state index in [0.29, 0.717) is 17.6 Å². The van der Waals surface area contributed by atoms with Crippen LogP contribution < -0.4 is 5.32 Å². The molecule has 0 saturated carbocycles. The zero-order valence-corrected chi connectivity index (χ0v) is 14.0. The van der Waals surface area contributed by atoms with Gasteiger partial charge in [-0.2, -0.15) is 0 Å². The third kappa shape index (κ3) is 5.11. The number of ether oxygens (including phenoxy) is 1. The summed E-state index contributed by atoms with van der Waals surface area (Å²) in [5.41, 5.74) is 1.96. The van der Waals surface area contributed by atoms with E-state index in [2.05, 4.69) is 24.1 Å². The Labute approximate surface area is 133 Å². The second-order valence-corrected chi connectivity index (χ2v) is 6.48. The van der Waals surface area contributed by atoms with Crippen molar-refractivity contribution in [3.63, 3.8) is 0 Å². The van der Waals surface area contributed by atoms with E-state index in [9.17, 15) is 4.79 Å². The van der Waals surface area contributed by atoms with Gasteiger partial charge in [0.25, 0.3) is 5.91 Å². The van der Waals surface area contributed by atoms with E-state index in [0.717, 1.165) is 39.1 Å². The summed E-state index contributed by atoms with van der Waals surface area (Å²) in [6.45, 7) is 8.35. The Bertz CT molecular complexity index is 470. The number of carbonyl (C=O) groups is 1. The quantitative estimate of drug-likeness (QED) is 0.842. The van der Waals surface area contributed by atoms with Crippen molar-refractivity contribution in [1.82, 2.24) is 10.2 Å². The first-order valence-electron chi connectivity index (χ1n) is 8.23. The summed E-state index contributed by atoms with van der Waals surface area (Å²) in [7, 11) is 1.65. The number of nitrogens with zero attached hydrogens (tertiary/aromatic N) is 1. The van der Waals surface area contributed by atoms with E-state index in [1.165, 1.54) is 5.56 Å². The largest absolute Gasteiger partial charge is 0.377 e. The predicted molar refractivity (Wildman–Crippen MR) is 88.9 cm³/mol. The van der Waals surface area contributed by atoms with Gasteiger partial charge in [-0.15, -0.1) is 0 Å². The molecule has 4 nitrogen and oxygen atoms in total. The molecule has 0 radical (unpaired) electrons. The number of carbonyl (C=O) groups excluding carboxylic acids is 1. The van der Waals surface area contributed by atoms with Crippen LogP contribution in [-0.2, 0) is 11.3 Å². The lowest BCUT2D eigenvalue weighted by molar-refractivity contribution is 0.0518. The average Bonchev–Trinajstić information content (AvgIpc) is 2.94. The second kappa shape index (κ2) is 8.30. The molecule has 0 spiro atoms.